The lowest BCUT2D eigenvalue weighted by molar-refractivity contribution is -0.114. The number of unbranched alkanes of at least 4 members (excludes halogenated alkanes) is 1. The van der Waals surface area contributed by atoms with E-state index in [1.54, 1.807) is 0 Å². The normalized spacial score (nSPS) is 9.88. The molecule has 4 nitrogen and oxygen atoms in total. The van der Waals surface area contributed by atoms with Crippen LogP contribution in [0.1, 0.15) is 19.8 Å². The highest BCUT2D eigenvalue weighted by Crippen LogP contribution is 2.13. The van der Waals surface area contributed by atoms with E-state index < -0.39 is 0 Å². The Labute approximate surface area is 95.7 Å². The molecule has 0 bridgehead atoms. The van der Waals surface area contributed by atoms with Crippen LogP contribution in [-0.2, 0) is 4.79 Å². The summed E-state index contributed by atoms with van der Waals surface area (Å²) in [6.07, 6.45) is 1.76. The maximum Gasteiger partial charge on any atom is 0.221 e. The van der Waals surface area contributed by atoms with Crippen LogP contribution >= 0.6 is 0 Å². The Morgan fingerprint density at radius 3 is 2.38 bits per heavy atom. The van der Waals surface area contributed by atoms with E-state index in [1.807, 2.05) is 24.3 Å². The van der Waals surface area contributed by atoms with Gasteiger partial charge in [0, 0.05) is 31.5 Å². The van der Waals surface area contributed by atoms with Gasteiger partial charge in [-0.1, -0.05) is 0 Å². The van der Waals surface area contributed by atoms with Gasteiger partial charge in [0.05, 0.1) is 0 Å². The van der Waals surface area contributed by atoms with Crippen molar-refractivity contribution in [3.8, 4) is 0 Å². The van der Waals surface area contributed by atoms with Crippen molar-refractivity contribution in [1.29, 1.82) is 0 Å². The van der Waals surface area contributed by atoms with Crippen LogP contribution in [0.25, 0.3) is 0 Å². The van der Waals surface area contributed by atoms with E-state index in [-0.39, 0.29) is 12.5 Å². The second-order valence-corrected chi connectivity index (χ2v) is 3.62. The van der Waals surface area contributed by atoms with Gasteiger partial charge in [-0.05, 0) is 37.1 Å². The first-order valence-electron chi connectivity index (χ1n) is 5.45. The van der Waals surface area contributed by atoms with Crippen LogP contribution in [0.2, 0.25) is 0 Å². The summed E-state index contributed by atoms with van der Waals surface area (Å²) < 4.78 is 0. The number of anilines is 2. The van der Waals surface area contributed by atoms with E-state index in [0.717, 1.165) is 30.8 Å². The number of rotatable bonds is 6. The Morgan fingerprint density at radius 2 is 1.81 bits per heavy atom. The molecule has 0 atom stereocenters. The fraction of sp³-hybridized carbons (Fsp3) is 0.417. The molecule has 4 heteroatoms. The zero-order valence-electron chi connectivity index (χ0n) is 9.49. The van der Waals surface area contributed by atoms with E-state index >= 15 is 0 Å². The third kappa shape index (κ3) is 4.79. The van der Waals surface area contributed by atoms with Gasteiger partial charge in [0.1, 0.15) is 0 Å². The van der Waals surface area contributed by atoms with E-state index in [2.05, 4.69) is 10.6 Å². The Kier molecular flexibility index (Phi) is 5.36. The fourth-order valence-electron chi connectivity index (χ4n) is 1.34. The Morgan fingerprint density at radius 1 is 1.19 bits per heavy atom. The third-order valence-electron chi connectivity index (χ3n) is 2.12. The highest BCUT2D eigenvalue weighted by molar-refractivity contribution is 5.88. The van der Waals surface area contributed by atoms with E-state index in [0.29, 0.717) is 0 Å². The number of benzene rings is 1. The van der Waals surface area contributed by atoms with E-state index in [1.165, 1.54) is 6.92 Å². The zero-order valence-corrected chi connectivity index (χ0v) is 9.49. The lowest BCUT2D eigenvalue weighted by Crippen LogP contribution is -2.06. The van der Waals surface area contributed by atoms with E-state index in [4.69, 9.17) is 5.11 Å². The topological polar surface area (TPSA) is 61.4 Å². The standard InChI is InChI=1S/C12H18N2O2/c1-10(16)14-12-6-4-11(5-7-12)13-8-2-3-9-15/h4-7,13,15H,2-3,8-9H2,1H3,(H,14,16). The fourth-order valence-corrected chi connectivity index (χ4v) is 1.34. The lowest BCUT2D eigenvalue weighted by atomic mass is 10.2. The quantitative estimate of drug-likeness (QED) is 0.643. The number of amides is 1. The monoisotopic (exact) mass is 222 g/mol. The van der Waals surface area contributed by atoms with Crippen molar-refractivity contribution in [3.05, 3.63) is 24.3 Å². The molecule has 1 amide bonds. The molecule has 0 fully saturated rings. The van der Waals surface area contributed by atoms with Crippen molar-refractivity contribution < 1.29 is 9.90 Å². The molecule has 0 aromatic heterocycles. The van der Waals surface area contributed by atoms with Gasteiger partial charge < -0.3 is 15.7 Å². The van der Waals surface area contributed by atoms with Crippen molar-refractivity contribution in [2.24, 2.45) is 0 Å². The molecule has 0 saturated carbocycles. The summed E-state index contributed by atoms with van der Waals surface area (Å²) >= 11 is 0. The van der Waals surface area contributed by atoms with Gasteiger partial charge in [-0.2, -0.15) is 0 Å². The highest BCUT2D eigenvalue weighted by atomic mass is 16.2. The molecular weight excluding hydrogens is 204 g/mol. The molecule has 0 aliphatic rings. The minimum Gasteiger partial charge on any atom is -0.396 e. The smallest absolute Gasteiger partial charge is 0.221 e. The van der Waals surface area contributed by atoms with Crippen molar-refractivity contribution in [2.75, 3.05) is 23.8 Å². The molecule has 16 heavy (non-hydrogen) atoms. The maximum absolute atomic E-state index is 10.8. The second kappa shape index (κ2) is 6.85. The predicted octanol–water partition coefficient (Wildman–Crippen LogP) is 1.83. The molecule has 3 N–H and O–H groups in total. The third-order valence-corrected chi connectivity index (χ3v) is 2.12. The highest BCUT2D eigenvalue weighted by Gasteiger charge is 1.95. The Balaban J connectivity index is 2.36. The molecule has 0 saturated heterocycles. The largest absolute Gasteiger partial charge is 0.396 e. The molecule has 1 aromatic rings. The first-order valence-corrected chi connectivity index (χ1v) is 5.45. The summed E-state index contributed by atoms with van der Waals surface area (Å²) in [6, 6.07) is 7.56. The van der Waals surface area contributed by atoms with Crippen molar-refractivity contribution >= 4 is 17.3 Å². The molecule has 0 aliphatic carbocycles. The minimum atomic E-state index is -0.0661. The predicted molar refractivity (Wildman–Crippen MR) is 65.6 cm³/mol. The van der Waals surface area contributed by atoms with Gasteiger partial charge >= 0.3 is 0 Å². The molecule has 0 radical (unpaired) electrons. The molecule has 88 valence electrons. The Hall–Kier alpha value is -1.55. The number of hydrogen-bond donors (Lipinski definition) is 3. The first kappa shape index (κ1) is 12.5. The van der Waals surface area contributed by atoms with Crippen LogP contribution < -0.4 is 10.6 Å². The molecule has 1 rings (SSSR count). The summed E-state index contributed by atoms with van der Waals surface area (Å²) in [6.45, 7) is 2.57. The van der Waals surface area contributed by atoms with Crippen LogP contribution in [0.4, 0.5) is 11.4 Å². The summed E-state index contributed by atoms with van der Waals surface area (Å²) in [5, 5.41) is 14.6. The average molecular weight is 222 g/mol. The summed E-state index contributed by atoms with van der Waals surface area (Å²) in [4.78, 5) is 10.8. The maximum atomic E-state index is 10.8. The SMILES string of the molecule is CC(=O)Nc1ccc(NCCCCO)cc1. The number of aliphatic hydroxyl groups is 1. The molecule has 0 heterocycles. The summed E-state index contributed by atoms with van der Waals surface area (Å²) in [5.41, 5.74) is 1.82. The molecule has 0 unspecified atom stereocenters. The number of hydrogen-bond acceptors (Lipinski definition) is 3. The van der Waals surface area contributed by atoms with Gasteiger partial charge in [0.15, 0.2) is 0 Å². The molecule has 0 aliphatic heterocycles. The van der Waals surface area contributed by atoms with Gasteiger partial charge in [0.2, 0.25) is 5.91 Å². The number of aliphatic hydroxyl groups excluding tert-OH is 1. The minimum absolute atomic E-state index is 0.0661. The van der Waals surface area contributed by atoms with Crippen LogP contribution in [0.3, 0.4) is 0 Å². The van der Waals surface area contributed by atoms with Gasteiger partial charge in [-0.25, -0.2) is 0 Å². The molecule has 1 aromatic carbocycles. The average Bonchev–Trinajstić information content (AvgIpc) is 2.26. The Bertz CT molecular complexity index is 322. The second-order valence-electron chi connectivity index (χ2n) is 3.62. The van der Waals surface area contributed by atoms with Crippen LogP contribution in [0, 0.1) is 0 Å². The van der Waals surface area contributed by atoms with Crippen LogP contribution in [0.5, 0.6) is 0 Å². The number of carbonyl (C=O) groups excluding carboxylic acids is 1. The zero-order chi connectivity index (χ0) is 11.8. The molecular formula is C12H18N2O2. The van der Waals surface area contributed by atoms with Crippen molar-refractivity contribution in [3.63, 3.8) is 0 Å². The van der Waals surface area contributed by atoms with Crippen molar-refractivity contribution in [1.82, 2.24) is 0 Å². The van der Waals surface area contributed by atoms with Crippen LogP contribution in [-0.4, -0.2) is 24.2 Å². The van der Waals surface area contributed by atoms with Crippen LogP contribution in [0.15, 0.2) is 24.3 Å². The number of nitrogens with one attached hydrogen (secondary N) is 2. The van der Waals surface area contributed by atoms with Gasteiger partial charge in [-0.15, -0.1) is 0 Å². The van der Waals surface area contributed by atoms with E-state index in [9.17, 15) is 4.79 Å². The number of carbonyl (C=O) groups is 1. The van der Waals surface area contributed by atoms with Crippen molar-refractivity contribution in [2.45, 2.75) is 19.8 Å². The lowest BCUT2D eigenvalue weighted by Gasteiger charge is -2.07. The summed E-state index contributed by atoms with van der Waals surface area (Å²) in [5.74, 6) is -0.0661. The van der Waals surface area contributed by atoms with Gasteiger partial charge in [0.25, 0.3) is 0 Å². The summed E-state index contributed by atoms with van der Waals surface area (Å²) in [7, 11) is 0. The molecule has 0 spiro atoms. The van der Waals surface area contributed by atoms with Gasteiger partial charge in [-0.3, -0.25) is 4.79 Å². The first-order chi connectivity index (χ1) is 7.72.